The molecular weight excluding hydrogens is 466 g/mol. The zero-order chi connectivity index (χ0) is 26.7. The molecular formula is C25H41N5O6. The number of aromatic nitrogens is 4. The van der Waals surface area contributed by atoms with Gasteiger partial charge in [0.25, 0.3) is 5.56 Å². The first-order valence-electron chi connectivity index (χ1n) is 12.9. The highest BCUT2D eigenvalue weighted by atomic mass is 16.5. The minimum absolute atomic E-state index is 0.177. The Morgan fingerprint density at radius 1 is 1.08 bits per heavy atom. The average molecular weight is 508 g/mol. The highest BCUT2D eigenvalue weighted by Crippen LogP contribution is 2.20. The molecule has 0 aromatic carbocycles. The van der Waals surface area contributed by atoms with Gasteiger partial charge in [-0.2, -0.15) is 0 Å². The molecule has 0 saturated carbocycles. The second kappa shape index (κ2) is 14.6. The first-order valence-corrected chi connectivity index (χ1v) is 12.9. The number of imidazole rings is 1. The van der Waals surface area contributed by atoms with Crippen molar-refractivity contribution in [1.29, 1.82) is 0 Å². The summed E-state index contributed by atoms with van der Waals surface area (Å²) in [6.07, 6.45) is 7.33. The molecule has 11 nitrogen and oxygen atoms in total. The number of hydrogen-bond donors (Lipinski definition) is 1. The zero-order valence-corrected chi connectivity index (χ0v) is 22.0. The molecule has 2 aromatic rings. The van der Waals surface area contributed by atoms with Crippen molar-refractivity contribution in [3.8, 4) is 0 Å². The van der Waals surface area contributed by atoms with Gasteiger partial charge in [0.2, 0.25) is 0 Å². The van der Waals surface area contributed by atoms with Crippen molar-refractivity contribution in [3.05, 3.63) is 27.2 Å². The second-order valence-corrected chi connectivity index (χ2v) is 9.23. The monoisotopic (exact) mass is 507 g/mol. The second-order valence-electron chi connectivity index (χ2n) is 9.23. The molecule has 0 bridgehead atoms. The first-order chi connectivity index (χ1) is 17.2. The van der Waals surface area contributed by atoms with Crippen molar-refractivity contribution in [1.82, 2.24) is 18.7 Å². The summed E-state index contributed by atoms with van der Waals surface area (Å²) in [5.74, 6) is -0.836. The maximum absolute atomic E-state index is 13.6. The smallest absolute Gasteiger partial charge is 0.333 e. The van der Waals surface area contributed by atoms with Crippen LogP contribution in [0.5, 0.6) is 0 Å². The fourth-order valence-corrected chi connectivity index (χ4v) is 4.22. The van der Waals surface area contributed by atoms with E-state index in [1.54, 1.807) is 11.6 Å². The first kappa shape index (κ1) is 29.3. The number of rotatable bonds is 16. The maximum Gasteiger partial charge on any atom is 0.333 e. The predicted octanol–water partition coefficient (Wildman–Crippen LogP) is 2.42. The van der Waals surface area contributed by atoms with Crippen LogP contribution < -0.4 is 17.0 Å². The van der Waals surface area contributed by atoms with Gasteiger partial charge in [-0.25, -0.2) is 14.6 Å². The lowest BCUT2D eigenvalue weighted by Crippen LogP contribution is -2.43. The number of hydrogen-bond acceptors (Lipinski definition) is 8. The standard InChI is InChI=1S/C25H41N5O6/c1-5-6-16-35-24(33)20(13-8-7-10-14-26)30-22-21(28(4)17-27-22)23(32)29(25(30)34)15-11-9-12-18(2)36-19(3)31/h17-18,20H,5-16,26H2,1-4H3/t18-,20?/m1/s1. The zero-order valence-electron chi connectivity index (χ0n) is 22.0. The van der Waals surface area contributed by atoms with Crippen molar-refractivity contribution in [3.63, 3.8) is 0 Å². The fraction of sp³-hybridized carbons (Fsp3) is 0.720. The van der Waals surface area contributed by atoms with Gasteiger partial charge in [-0.05, 0) is 52.0 Å². The van der Waals surface area contributed by atoms with Crippen LogP contribution in [0.25, 0.3) is 11.2 Å². The summed E-state index contributed by atoms with van der Waals surface area (Å²) >= 11 is 0. The summed E-state index contributed by atoms with van der Waals surface area (Å²) < 4.78 is 14.7. The molecule has 2 rings (SSSR count). The minimum Gasteiger partial charge on any atom is -0.464 e. The topological polar surface area (TPSA) is 140 Å². The molecule has 2 atom stereocenters. The highest BCUT2D eigenvalue weighted by Gasteiger charge is 2.28. The molecule has 0 aliphatic carbocycles. The van der Waals surface area contributed by atoms with Gasteiger partial charge in [-0.1, -0.05) is 26.2 Å². The molecule has 0 aliphatic rings. The molecule has 0 amide bonds. The molecule has 0 fully saturated rings. The van der Waals surface area contributed by atoms with Gasteiger partial charge in [0, 0.05) is 20.5 Å². The van der Waals surface area contributed by atoms with E-state index in [2.05, 4.69) is 4.98 Å². The van der Waals surface area contributed by atoms with Crippen LogP contribution in [0.1, 0.15) is 84.6 Å². The van der Waals surface area contributed by atoms with Gasteiger partial charge >= 0.3 is 17.6 Å². The molecule has 2 aromatic heterocycles. The summed E-state index contributed by atoms with van der Waals surface area (Å²) in [7, 11) is 1.69. The Hall–Kier alpha value is -2.95. The van der Waals surface area contributed by atoms with E-state index in [-0.39, 0.29) is 36.4 Å². The van der Waals surface area contributed by atoms with Gasteiger partial charge in [0.15, 0.2) is 11.2 Å². The van der Waals surface area contributed by atoms with Crippen LogP contribution in [0.15, 0.2) is 15.9 Å². The number of unbranched alkanes of at least 4 members (excludes halogenated alkanes) is 4. The van der Waals surface area contributed by atoms with Gasteiger partial charge in [0.05, 0.1) is 19.0 Å². The molecule has 0 spiro atoms. The third-order valence-electron chi connectivity index (χ3n) is 6.15. The average Bonchev–Trinajstić information content (AvgIpc) is 3.20. The van der Waals surface area contributed by atoms with E-state index >= 15 is 0 Å². The minimum atomic E-state index is -0.889. The molecule has 1 unspecified atom stereocenters. The molecule has 202 valence electrons. The van der Waals surface area contributed by atoms with Gasteiger partial charge in [0.1, 0.15) is 6.04 Å². The Balaban J connectivity index is 2.41. The van der Waals surface area contributed by atoms with Crippen LogP contribution in [0.2, 0.25) is 0 Å². The molecule has 36 heavy (non-hydrogen) atoms. The van der Waals surface area contributed by atoms with Crippen LogP contribution >= 0.6 is 0 Å². The van der Waals surface area contributed by atoms with E-state index in [1.807, 2.05) is 13.8 Å². The Morgan fingerprint density at radius 2 is 1.81 bits per heavy atom. The highest BCUT2D eigenvalue weighted by molar-refractivity contribution is 5.78. The number of aryl methyl sites for hydroxylation is 1. The molecule has 2 heterocycles. The number of carbonyl (C=O) groups excluding carboxylic acids is 2. The summed E-state index contributed by atoms with van der Waals surface area (Å²) in [6, 6.07) is -0.889. The number of nitrogens with zero attached hydrogens (tertiary/aromatic N) is 4. The number of ether oxygens (including phenoxy) is 2. The lowest BCUT2D eigenvalue weighted by Gasteiger charge is -2.21. The third-order valence-corrected chi connectivity index (χ3v) is 6.15. The third kappa shape index (κ3) is 7.78. The van der Waals surface area contributed by atoms with Crippen LogP contribution in [0.4, 0.5) is 0 Å². The number of esters is 2. The van der Waals surface area contributed by atoms with E-state index in [9.17, 15) is 19.2 Å². The lowest BCUT2D eigenvalue weighted by atomic mass is 10.1. The van der Waals surface area contributed by atoms with Crippen molar-refractivity contribution in [2.24, 2.45) is 12.8 Å². The van der Waals surface area contributed by atoms with Crippen molar-refractivity contribution >= 4 is 23.1 Å². The van der Waals surface area contributed by atoms with Crippen molar-refractivity contribution in [2.75, 3.05) is 13.2 Å². The Bertz CT molecular complexity index is 1120. The lowest BCUT2D eigenvalue weighted by molar-refractivity contribution is -0.148. The van der Waals surface area contributed by atoms with Crippen molar-refractivity contribution in [2.45, 2.75) is 97.2 Å². The molecule has 0 aliphatic heterocycles. The largest absolute Gasteiger partial charge is 0.464 e. The Kier molecular flexibility index (Phi) is 11.9. The van der Waals surface area contributed by atoms with Crippen LogP contribution in [0, 0.1) is 0 Å². The number of fused-ring (bicyclic) bond motifs is 1. The Labute approximate surface area is 211 Å². The van der Waals surface area contributed by atoms with E-state index in [0.29, 0.717) is 38.6 Å². The van der Waals surface area contributed by atoms with E-state index in [0.717, 1.165) is 25.7 Å². The molecule has 0 radical (unpaired) electrons. The summed E-state index contributed by atoms with van der Waals surface area (Å²) in [5, 5.41) is 0. The molecule has 11 heteroatoms. The fourth-order valence-electron chi connectivity index (χ4n) is 4.22. The summed E-state index contributed by atoms with van der Waals surface area (Å²) in [5.41, 5.74) is 5.04. The molecule has 0 saturated heterocycles. The summed E-state index contributed by atoms with van der Waals surface area (Å²) in [4.78, 5) is 55.4. The van der Waals surface area contributed by atoms with Crippen molar-refractivity contribution < 1.29 is 19.1 Å². The predicted molar refractivity (Wildman–Crippen MR) is 137 cm³/mol. The van der Waals surface area contributed by atoms with E-state index in [4.69, 9.17) is 15.2 Å². The maximum atomic E-state index is 13.6. The van der Waals surface area contributed by atoms with Crippen LogP contribution in [-0.4, -0.2) is 49.9 Å². The molecule has 2 N–H and O–H groups in total. The quantitative estimate of drug-likeness (QED) is 0.270. The van der Waals surface area contributed by atoms with Gasteiger partial charge < -0.3 is 19.8 Å². The number of nitrogens with two attached hydrogens (primary N) is 1. The van der Waals surface area contributed by atoms with E-state index in [1.165, 1.54) is 22.4 Å². The van der Waals surface area contributed by atoms with Crippen LogP contribution in [-0.2, 0) is 32.7 Å². The summed E-state index contributed by atoms with van der Waals surface area (Å²) in [6.45, 7) is 6.17. The van der Waals surface area contributed by atoms with Gasteiger partial charge in [-0.3, -0.25) is 18.7 Å². The van der Waals surface area contributed by atoms with Gasteiger partial charge in [-0.15, -0.1) is 0 Å². The SMILES string of the molecule is CCCCOC(=O)C(CCCCCN)n1c(=O)n(CCCC[C@@H](C)OC(C)=O)c(=O)c2c1ncn2C. The normalized spacial score (nSPS) is 13.0. The van der Waals surface area contributed by atoms with E-state index < -0.39 is 23.3 Å². The number of carbonyl (C=O) groups is 2. The van der Waals surface area contributed by atoms with Crippen LogP contribution in [0.3, 0.4) is 0 Å². The Morgan fingerprint density at radius 3 is 2.47 bits per heavy atom.